The summed E-state index contributed by atoms with van der Waals surface area (Å²) in [6.45, 7) is 1.66. The minimum atomic E-state index is -4.86. The summed E-state index contributed by atoms with van der Waals surface area (Å²) >= 11 is 0. The fourth-order valence-electron chi connectivity index (χ4n) is 3.89. The number of ether oxygens (including phenoxy) is 1. The topological polar surface area (TPSA) is 105 Å². The molecule has 0 aromatic heterocycles. The molecule has 2 aromatic rings. The van der Waals surface area contributed by atoms with Crippen molar-refractivity contribution < 1.29 is 37.1 Å². The molecule has 0 aliphatic carbocycles. The minimum absolute atomic E-state index is 0.112. The molecular formula is C23H20F3N3O5. The Labute approximate surface area is 192 Å². The molecule has 2 atom stereocenters. The van der Waals surface area contributed by atoms with Gasteiger partial charge in [-0.15, -0.1) is 0 Å². The average Bonchev–Trinajstić information content (AvgIpc) is 3.41. The van der Waals surface area contributed by atoms with E-state index in [4.69, 9.17) is 4.74 Å². The van der Waals surface area contributed by atoms with E-state index < -0.39 is 53.2 Å². The van der Waals surface area contributed by atoms with Gasteiger partial charge < -0.3 is 15.4 Å². The number of anilines is 2. The number of rotatable bonds is 5. The number of nitrogens with zero attached hydrogens (tertiary/aromatic N) is 1. The van der Waals surface area contributed by atoms with Gasteiger partial charge in [-0.3, -0.25) is 24.1 Å². The molecule has 2 unspecified atom stereocenters. The molecule has 0 radical (unpaired) electrons. The molecule has 178 valence electrons. The van der Waals surface area contributed by atoms with Gasteiger partial charge in [0.05, 0.1) is 22.4 Å². The average molecular weight is 475 g/mol. The van der Waals surface area contributed by atoms with Crippen LogP contribution in [0.1, 0.15) is 46.0 Å². The number of hydrogen-bond donors (Lipinski definition) is 2. The van der Waals surface area contributed by atoms with E-state index in [-0.39, 0.29) is 16.8 Å². The second kappa shape index (κ2) is 8.90. The Hall–Kier alpha value is -3.73. The summed E-state index contributed by atoms with van der Waals surface area (Å²) in [5, 5.41) is 4.55. The van der Waals surface area contributed by atoms with Crippen LogP contribution < -0.4 is 10.6 Å². The van der Waals surface area contributed by atoms with Gasteiger partial charge in [-0.1, -0.05) is 12.1 Å². The first kappa shape index (κ1) is 23.4. The molecule has 2 N–H and O–H groups in total. The van der Waals surface area contributed by atoms with Gasteiger partial charge in [-0.2, -0.15) is 13.2 Å². The number of imide groups is 1. The van der Waals surface area contributed by atoms with E-state index in [2.05, 4.69) is 10.6 Å². The Morgan fingerprint density at radius 1 is 1.06 bits per heavy atom. The molecule has 1 fully saturated rings. The zero-order valence-corrected chi connectivity index (χ0v) is 17.9. The Kier molecular flexibility index (Phi) is 6.13. The van der Waals surface area contributed by atoms with Crippen molar-refractivity contribution in [3.63, 3.8) is 0 Å². The third kappa shape index (κ3) is 4.38. The van der Waals surface area contributed by atoms with Crippen LogP contribution in [0.2, 0.25) is 0 Å². The van der Waals surface area contributed by atoms with E-state index in [9.17, 15) is 32.3 Å². The van der Waals surface area contributed by atoms with Gasteiger partial charge in [-0.05, 0) is 50.1 Å². The normalized spacial score (nSPS) is 18.6. The lowest BCUT2D eigenvalue weighted by Gasteiger charge is -2.23. The lowest BCUT2D eigenvalue weighted by molar-refractivity contribution is -0.137. The summed E-state index contributed by atoms with van der Waals surface area (Å²) in [7, 11) is 0. The summed E-state index contributed by atoms with van der Waals surface area (Å²) in [5.41, 5.74) is -1.64. The van der Waals surface area contributed by atoms with Crippen LogP contribution in [0, 0.1) is 0 Å². The lowest BCUT2D eigenvalue weighted by Crippen LogP contribution is -2.45. The predicted molar refractivity (Wildman–Crippen MR) is 114 cm³/mol. The zero-order chi connectivity index (χ0) is 24.6. The molecule has 0 saturated carbocycles. The largest absolute Gasteiger partial charge is 0.418 e. The van der Waals surface area contributed by atoms with Gasteiger partial charge in [0, 0.05) is 12.3 Å². The van der Waals surface area contributed by atoms with E-state index in [1.54, 1.807) is 12.1 Å². The number of halogens is 3. The van der Waals surface area contributed by atoms with Crippen LogP contribution in [-0.2, 0) is 20.5 Å². The standard InChI is InChI=1S/C23H20F3N3O5/c1-12(29-21(32)14-5-2-3-6-15(14)22(29)33)19(30)28-17-9-8-13(11-16(17)23(24,25)26)27-20(31)18-7-4-10-34-18/h2-3,5-6,8-9,11-12,18H,4,7,10H2,1H3,(H,27,31)(H,28,30). The second-order valence-electron chi connectivity index (χ2n) is 7.94. The summed E-state index contributed by atoms with van der Waals surface area (Å²) < 4.78 is 46.4. The summed E-state index contributed by atoms with van der Waals surface area (Å²) in [5.74, 6) is -2.93. The Morgan fingerprint density at radius 2 is 1.71 bits per heavy atom. The Balaban J connectivity index is 1.53. The van der Waals surface area contributed by atoms with E-state index >= 15 is 0 Å². The van der Waals surface area contributed by atoms with Crippen molar-refractivity contribution >= 4 is 35.0 Å². The first-order valence-electron chi connectivity index (χ1n) is 10.5. The Bertz CT molecular complexity index is 1140. The molecule has 4 amide bonds. The van der Waals surface area contributed by atoms with Gasteiger partial charge in [0.1, 0.15) is 12.1 Å². The van der Waals surface area contributed by atoms with E-state index in [1.807, 2.05) is 0 Å². The molecule has 2 heterocycles. The number of hydrogen-bond acceptors (Lipinski definition) is 5. The monoisotopic (exact) mass is 475 g/mol. The molecule has 2 aliphatic heterocycles. The highest BCUT2D eigenvalue weighted by molar-refractivity contribution is 6.23. The van der Waals surface area contributed by atoms with Gasteiger partial charge in [0.25, 0.3) is 17.7 Å². The van der Waals surface area contributed by atoms with Crippen molar-refractivity contribution in [2.24, 2.45) is 0 Å². The number of benzene rings is 2. The van der Waals surface area contributed by atoms with Crippen LogP contribution in [0.3, 0.4) is 0 Å². The van der Waals surface area contributed by atoms with Crippen LogP contribution in [0.15, 0.2) is 42.5 Å². The van der Waals surface area contributed by atoms with Crippen molar-refractivity contribution in [1.29, 1.82) is 0 Å². The van der Waals surface area contributed by atoms with Crippen LogP contribution in [-0.4, -0.2) is 47.3 Å². The van der Waals surface area contributed by atoms with Crippen molar-refractivity contribution in [3.8, 4) is 0 Å². The summed E-state index contributed by atoms with van der Waals surface area (Å²) in [4.78, 5) is 50.8. The molecule has 8 nitrogen and oxygen atoms in total. The minimum Gasteiger partial charge on any atom is -0.368 e. The number of carbonyl (C=O) groups excluding carboxylic acids is 4. The number of alkyl halides is 3. The molecule has 1 saturated heterocycles. The first-order chi connectivity index (χ1) is 16.1. The Morgan fingerprint density at radius 3 is 2.26 bits per heavy atom. The zero-order valence-electron chi connectivity index (χ0n) is 17.9. The van der Waals surface area contributed by atoms with Crippen molar-refractivity contribution in [2.45, 2.75) is 38.1 Å². The van der Waals surface area contributed by atoms with E-state index in [0.717, 1.165) is 6.07 Å². The van der Waals surface area contributed by atoms with Crippen molar-refractivity contribution in [1.82, 2.24) is 4.90 Å². The smallest absolute Gasteiger partial charge is 0.368 e. The summed E-state index contributed by atoms with van der Waals surface area (Å²) in [6, 6.07) is 7.55. The molecular weight excluding hydrogens is 455 g/mol. The van der Waals surface area contributed by atoms with Gasteiger partial charge in [0.2, 0.25) is 5.91 Å². The highest BCUT2D eigenvalue weighted by Crippen LogP contribution is 2.37. The van der Waals surface area contributed by atoms with E-state index in [1.165, 1.54) is 25.1 Å². The lowest BCUT2D eigenvalue weighted by atomic mass is 10.1. The molecule has 0 spiro atoms. The fourth-order valence-corrected chi connectivity index (χ4v) is 3.89. The maximum absolute atomic E-state index is 13.7. The fraction of sp³-hybridized carbons (Fsp3) is 0.304. The number of amides is 4. The van der Waals surface area contributed by atoms with Crippen molar-refractivity contribution in [3.05, 3.63) is 59.2 Å². The summed E-state index contributed by atoms with van der Waals surface area (Å²) in [6.07, 6.45) is -4.43. The number of nitrogens with one attached hydrogen (secondary N) is 2. The molecule has 2 aliphatic rings. The molecule has 34 heavy (non-hydrogen) atoms. The molecule has 0 bridgehead atoms. The predicted octanol–water partition coefficient (Wildman–Crippen LogP) is 3.45. The van der Waals surface area contributed by atoms with Gasteiger partial charge in [0.15, 0.2) is 0 Å². The first-order valence-corrected chi connectivity index (χ1v) is 10.5. The van der Waals surface area contributed by atoms with Crippen LogP contribution in [0.25, 0.3) is 0 Å². The molecule has 4 rings (SSSR count). The molecule has 11 heteroatoms. The van der Waals surface area contributed by atoms with Crippen LogP contribution >= 0.6 is 0 Å². The maximum Gasteiger partial charge on any atom is 0.418 e. The molecule has 2 aromatic carbocycles. The maximum atomic E-state index is 13.7. The quantitative estimate of drug-likeness (QED) is 0.645. The van der Waals surface area contributed by atoms with Crippen molar-refractivity contribution in [2.75, 3.05) is 17.2 Å². The van der Waals surface area contributed by atoms with Crippen LogP contribution in [0.5, 0.6) is 0 Å². The highest BCUT2D eigenvalue weighted by atomic mass is 19.4. The van der Waals surface area contributed by atoms with Crippen LogP contribution in [0.4, 0.5) is 24.5 Å². The number of fused-ring (bicyclic) bond motifs is 1. The van der Waals surface area contributed by atoms with Gasteiger partial charge >= 0.3 is 6.18 Å². The second-order valence-corrected chi connectivity index (χ2v) is 7.94. The van der Waals surface area contributed by atoms with E-state index in [0.29, 0.717) is 30.4 Å². The van der Waals surface area contributed by atoms with Gasteiger partial charge in [-0.25, -0.2) is 0 Å². The third-order valence-corrected chi connectivity index (χ3v) is 5.66. The highest BCUT2D eigenvalue weighted by Gasteiger charge is 2.41. The third-order valence-electron chi connectivity index (χ3n) is 5.66. The SMILES string of the molecule is CC(C(=O)Nc1ccc(NC(=O)C2CCCO2)cc1C(F)(F)F)N1C(=O)c2ccccc2C1=O. The number of carbonyl (C=O) groups is 4.